The van der Waals surface area contributed by atoms with Crippen molar-refractivity contribution in [3.63, 3.8) is 0 Å². The van der Waals surface area contributed by atoms with E-state index < -0.39 is 0 Å². The van der Waals surface area contributed by atoms with Crippen molar-refractivity contribution >= 4 is 33.3 Å². The first-order chi connectivity index (χ1) is 5.29. The molecule has 2 rings (SSSR count). The largest absolute Gasteiger partial charge is 0.368 e. The Morgan fingerprint density at radius 2 is 2.45 bits per heavy atom. The van der Waals surface area contributed by atoms with Crippen LogP contribution < -0.4 is 5.32 Å². The topological polar surface area (TPSA) is 37.8 Å². The van der Waals surface area contributed by atoms with Gasteiger partial charge in [0.15, 0.2) is 0 Å². The number of hydrogen-bond acceptors (Lipinski definition) is 3. The van der Waals surface area contributed by atoms with Crippen molar-refractivity contribution in [3.05, 3.63) is 17.0 Å². The smallest absolute Gasteiger partial charge is 0.138 e. The highest BCUT2D eigenvalue weighted by Gasteiger charge is 2.23. The second-order valence-electron chi connectivity index (χ2n) is 2.28. The minimum absolute atomic E-state index is 0.242. The number of alkyl halides is 1. The molecular formula is C6H5BrClN3. The molecule has 1 aliphatic heterocycles. The lowest BCUT2D eigenvalue weighted by Crippen LogP contribution is -1.94. The second kappa shape index (κ2) is 2.60. The van der Waals surface area contributed by atoms with Gasteiger partial charge in [-0.1, -0.05) is 27.5 Å². The minimum atomic E-state index is 0.242. The molecule has 1 aromatic rings. The number of nitrogens with zero attached hydrogens (tertiary/aromatic N) is 2. The third-order valence-electron chi connectivity index (χ3n) is 1.60. The van der Waals surface area contributed by atoms with Gasteiger partial charge in [0.25, 0.3) is 0 Å². The number of rotatable bonds is 0. The van der Waals surface area contributed by atoms with Gasteiger partial charge in [-0.05, 0) is 0 Å². The van der Waals surface area contributed by atoms with Crippen LogP contribution in [0.15, 0.2) is 6.33 Å². The van der Waals surface area contributed by atoms with E-state index in [1.807, 2.05) is 0 Å². The van der Waals surface area contributed by atoms with Gasteiger partial charge in [-0.25, -0.2) is 9.97 Å². The van der Waals surface area contributed by atoms with Crippen molar-refractivity contribution in [1.82, 2.24) is 9.97 Å². The van der Waals surface area contributed by atoms with E-state index in [-0.39, 0.29) is 4.83 Å². The molecular weight excluding hydrogens is 229 g/mol. The maximum atomic E-state index is 5.84. The van der Waals surface area contributed by atoms with Crippen molar-refractivity contribution in [3.8, 4) is 0 Å². The maximum Gasteiger partial charge on any atom is 0.138 e. The molecule has 0 saturated heterocycles. The van der Waals surface area contributed by atoms with Crippen LogP contribution in [0, 0.1) is 0 Å². The van der Waals surface area contributed by atoms with Gasteiger partial charge in [0, 0.05) is 12.1 Å². The fraction of sp³-hybridized carbons (Fsp3) is 0.333. The lowest BCUT2D eigenvalue weighted by atomic mass is 10.3. The Morgan fingerprint density at radius 3 is 3.18 bits per heavy atom. The van der Waals surface area contributed by atoms with E-state index in [9.17, 15) is 0 Å². The van der Waals surface area contributed by atoms with Crippen LogP contribution in [0.25, 0.3) is 0 Å². The molecule has 1 aromatic heterocycles. The summed E-state index contributed by atoms with van der Waals surface area (Å²) in [6.45, 7) is 0.827. The monoisotopic (exact) mass is 233 g/mol. The highest BCUT2D eigenvalue weighted by Crippen LogP contribution is 2.37. The fourth-order valence-electron chi connectivity index (χ4n) is 1.08. The molecule has 0 amide bonds. The highest BCUT2D eigenvalue weighted by atomic mass is 79.9. The summed E-state index contributed by atoms with van der Waals surface area (Å²) in [5, 5.41) is 3.64. The molecule has 0 aliphatic carbocycles. The van der Waals surface area contributed by atoms with Crippen molar-refractivity contribution in [2.75, 3.05) is 11.9 Å². The van der Waals surface area contributed by atoms with Gasteiger partial charge in [0.05, 0.1) is 4.83 Å². The van der Waals surface area contributed by atoms with Gasteiger partial charge >= 0.3 is 0 Å². The van der Waals surface area contributed by atoms with E-state index in [0.717, 1.165) is 17.9 Å². The summed E-state index contributed by atoms with van der Waals surface area (Å²) < 4.78 is 0. The summed E-state index contributed by atoms with van der Waals surface area (Å²) in [5.74, 6) is 0.840. The molecule has 1 atom stereocenters. The van der Waals surface area contributed by atoms with E-state index in [1.165, 1.54) is 6.33 Å². The van der Waals surface area contributed by atoms with Crippen LogP contribution in [0.5, 0.6) is 0 Å². The molecule has 0 fully saturated rings. The van der Waals surface area contributed by atoms with Crippen LogP contribution in [0.2, 0.25) is 5.15 Å². The zero-order valence-corrected chi connectivity index (χ0v) is 7.85. The van der Waals surface area contributed by atoms with Gasteiger partial charge in [-0.2, -0.15) is 0 Å². The Labute approximate surface area is 77.3 Å². The van der Waals surface area contributed by atoms with Crippen LogP contribution in [0.1, 0.15) is 10.4 Å². The number of halogens is 2. The molecule has 0 saturated carbocycles. The van der Waals surface area contributed by atoms with Crippen LogP contribution in [0.3, 0.4) is 0 Å². The third-order valence-corrected chi connectivity index (χ3v) is 2.68. The van der Waals surface area contributed by atoms with Crippen LogP contribution in [-0.2, 0) is 0 Å². The molecule has 1 unspecified atom stereocenters. The maximum absolute atomic E-state index is 5.84. The van der Waals surface area contributed by atoms with E-state index >= 15 is 0 Å². The minimum Gasteiger partial charge on any atom is -0.368 e. The average Bonchev–Trinajstić information content (AvgIpc) is 2.34. The summed E-state index contributed by atoms with van der Waals surface area (Å²) in [5.41, 5.74) is 0.967. The Kier molecular flexibility index (Phi) is 1.73. The Bertz CT molecular complexity index is 291. The van der Waals surface area contributed by atoms with E-state index in [2.05, 4.69) is 31.2 Å². The first-order valence-corrected chi connectivity index (χ1v) is 4.46. The van der Waals surface area contributed by atoms with Crippen molar-refractivity contribution in [2.24, 2.45) is 0 Å². The zero-order chi connectivity index (χ0) is 7.84. The third kappa shape index (κ3) is 1.10. The predicted molar refractivity (Wildman–Crippen MR) is 47.2 cm³/mol. The van der Waals surface area contributed by atoms with Crippen molar-refractivity contribution < 1.29 is 0 Å². The average molecular weight is 234 g/mol. The molecule has 5 heteroatoms. The number of fused-ring (bicyclic) bond motifs is 1. The van der Waals surface area contributed by atoms with E-state index in [0.29, 0.717) is 5.15 Å². The van der Waals surface area contributed by atoms with Gasteiger partial charge in [0.2, 0.25) is 0 Å². The molecule has 11 heavy (non-hydrogen) atoms. The van der Waals surface area contributed by atoms with E-state index in [4.69, 9.17) is 11.6 Å². The molecule has 1 aliphatic rings. The number of aromatic nitrogens is 2. The normalized spacial score (nSPS) is 21.1. The van der Waals surface area contributed by atoms with Crippen molar-refractivity contribution in [1.29, 1.82) is 0 Å². The number of nitrogens with one attached hydrogen (secondary N) is 1. The molecule has 0 bridgehead atoms. The van der Waals surface area contributed by atoms with Gasteiger partial charge in [-0.3, -0.25) is 0 Å². The van der Waals surface area contributed by atoms with Gasteiger partial charge in [0.1, 0.15) is 17.3 Å². The van der Waals surface area contributed by atoms with Crippen LogP contribution >= 0.6 is 27.5 Å². The molecule has 58 valence electrons. The van der Waals surface area contributed by atoms with Gasteiger partial charge < -0.3 is 5.32 Å². The Balaban J connectivity index is 2.58. The SMILES string of the molecule is Clc1ncnc2c1C(Br)CN2. The highest BCUT2D eigenvalue weighted by molar-refractivity contribution is 9.09. The second-order valence-corrected chi connectivity index (χ2v) is 3.74. The first kappa shape index (κ1) is 7.31. The molecule has 0 spiro atoms. The standard InChI is InChI=1S/C6H5BrClN3/c7-3-1-9-6-4(3)5(8)10-2-11-6/h2-3H,1H2,(H,9,10,11). The van der Waals surface area contributed by atoms with Crippen LogP contribution in [0.4, 0.5) is 5.82 Å². The molecule has 0 aromatic carbocycles. The lowest BCUT2D eigenvalue weighted by Gasteiger charge is -1.99. The Hall–Kier alpha value is -0.350. The summed E-state index contributed by atoms with van der Waals surface area (Å²) >= 11 is 9.30. The molecule has 3 nitrogen and oxygen atoms in total. The van der Waals surface area contributed by atoms with Crippen molar-refractivity contribution in [2.45, 2.75) is 4.83 Å². The fourth-order valence-corrected chi connectivity index (χ4v) is 2.07. The molecule has 2 heterocycles. The number of hydrogen-bond donors (Lipinski definition) is 1. The van der Waals surface area contributed by atoms with Crippen LogP contribution in [-0.4, -0.2) is 16.5 Å². The van der Waals surface area contributed by atoms with Gasteiger partial charge in [-0.15, -0.1) is 0 Å². The molecule has 0 radical (unpaired) electrons. The summed E-state index contributed by atoms with van der Waals surface area (Å²) in [6, 6.07) is 0. The predicted octanol–water partition coefficient (Wildman–Crippen LogP) is 1.99. The first-order valence-electron chi connectivity index (χ1n) is 3.17. The Morgan fingerprint density at radius 1 is 1.64 bits per heavy atom. The zero-order valence-electron chi connectivity index (χ0n) is 5.51. The number of anilines is 1. The van der Waals surface area contributed by atoms with E-state index in [1.54, 1.807) is 0 Å². The lowest BCUT2D eigenvalue weighted by molar-refractivity contribution is 1.07. The summed E-state index contributed by atoms with van der Waals surface area (Å²) in [7, 11) is 0. The summed E-state index contributed by atoms with van der Waals surface area (Å²) in [4.78, 5) is 8.16. The quantitative estimate of drug-likeness (QED) is 0.551. The molecule has 1 N–H and O–H groups in total. The summed E-state index contributed by atoms with van der Waals surface area (Å²) in [6.07, 6.45) is 1.46.